The predicted molar refractivity (Wildman–Crippen MR) is 72.0 cm³/mol. The highest BCUT2D eigenvalue weighted by atomic mass is 16.5. The van der Waals surface area contributed by atoms with Crippen LogP contribution in [0.2, 0.25) is 0 Å². The second-order valence-corrected chi connectivity index (χ2v) is 4.46. The lowest BCUT2D eigenvalue weighted by Crippen LogP contribution is -2.30. The molecule has 1 N–H and O–H groups in total. The van der Waals surface area contributed by atoms with Gasteiger partial charge in [-0.1, -0.05) is 39.2 Å². The summed E-state index contributed by atoms with van der Waals surface area (Å²) in [5.74, 6) is -0.293. The van der Waals surface area contributed by atoms with Crippen LogP contribution in [-0.2, 0) is 9.53 Å². The van der Waals surface area contributed by atoms with Gasteiger partial charge in [-0.3, -0.25) is 0 Å². The van der Waals surface area contributed by atoms with Crippen LogP contribution in [0.4, 0.5) is 0 Å². The van der Waals surface area contributed by atoms with Gasteiger partial charge in [0.1, 0.15) is 0 Å². The summed E-state index contributed by atoms with van der Waals surface area (Å²) in [5, 5.41) is 3.30. The Bertz CT molecular complexity index is 226. The van der Waals surface area contributed by atoms with Gasteiger partial charge in [0.05, 0.1) is 6.61 Å². The van der Waals surface area contributed by atoms with Gasteiger partial charge in [-0.2, -0.15) is 0 Å². The van der Waals surface area contributed by atoms with Crippen LogP contribution in [0.25, 0.3) is 0 Å². The lowest BCUT2D eigenvalue weighted by atomic mass is 10.1. The number of esters is 1. The molecule has 1 atom stereocenters. The van der Waals surface area contributed by atoms with E-state index in [9.17, 15) is 4.79 Å². The van der Waals surface area contributed by atoms with E-state index in [1.165, 1.54) is 25.7 Å². The molecular weight excluding hydrogens is 214 g/mol. The van der Waals surface area contributed by atoms with Crippen molar-refractivity contribution in [3.05, 3.63) is 12.2 Å². The Morgan fingerprint density at radius 3 is 2.59 bits per heavy atom. The van der Waals surface area contributed by atoms with Gasteiger partial charge in [-0.15, -0.1) is 0 Å². The van der Waals surface area contributed by atoms with Crippen molar-refractivity contribution in [1.29, 1.82) is 0 Å². The van der Waals surface area contributed by atoms with Crippen LogP contribution in [0.1, 0.15) is 52.9 Å². The molecule has 0 aromatic carbocycles. The Kier molecular flexibility index (Phi) is 9.83. The van der Waals surface area contributed by atoms with Crippen LogP contribution >= 0.6 is 0 Å². The highest BCUT2D eigenvalue weighted by Gasteiger charge is 2.08. The summed E-state index contributed by atoms with van der Waals surface area (Å²) in [6, 6.07) is 0.429. The minimum atomic E-state index is -0.293. The first kappa shape index (κ1) is 16.2. The van der Waals surface area contributed by atoms with Crippen molar-refractivity contribution in [3.8, 4) is 0 Å². The van der Waals surface area contributed by atoms with Crippen molar-refractivity contribution in [2.45, 2.75) is 58.9 Å². The summed E-state index contributed by atoms with van der Waals surface area (Å²) in [6.45, 7) is 10.8. The number of ether oxygens (including phenoxy) is 1. The molecule has 0 heterocycles. The van der Waals surface area contributed by atoms with Gasteiger partial charge < -0.3 is 10.1 Å². The van der Waals surface area contributed by atoms with Crippen LogP contribution in [0.15, 0.2) is 12.2 Å². The van der Waals surface area contributed by atoms with E-state index in [4.69, 9.17) is 4.74 Å². The molecule has 100 valence electrons. The van der Waals surface area contributed by atoms with E-state index in [1.807, 2.05) is 0 Å². The number of nitrogens with one attached hydrogen (secondary N) is 1. The normalized spacial score (nSPS) is 12.2. The van der Waals surface area contributed by atoms with Crippen molar-refractivity contribution in [3.63, 3.8) is 0 Å². The average molecular weight is 241 g/mol. The highest BCUT2D eigenvalue weighted by molar-refractivity contribution is 5.88. The molecular formula is C14H27NO2. The third-order valence-electron chi connectivity index (χ3n) is 2.72. The predicted octanol–water partition coefficient (Wildman–Crippen LogP) is 3.05. The summed E-state index contributed by atoms with van der Waals surface area (Å²) < 4.78 is 4.87. The van der Waals surface area contributed by atoms with Gasteiger partial charge in [0.15, 0.2) is 0 Å². The highest BCUT2D eigenvalue weighted by Crippen LogP contribution is 2.05. The molecule has 0 saturated heterocycles. The van der Waals surface area contributed by atoms with Crippen molar-refractivity contribution in [1.82, 2.24) is 5.32 Å². The number of hydrogen-bond acceptors (Lipinski definition) is 3. The van der Waals surface area contributed by atoms with Crippen LogP contribution in [0, 0.1) is 0 Å². The third-order valence-corrected chi connectivity index (χ3v) is 2.72. The number of carbonyl (C=O) groups is 1. The number of carbonyl (C=O) groups excluding carboxylic acids is 1. The Hall–Kier alpha value is -0.830. The lowest BCUT2D eigenvalue weighted by molar-refractivity contribution is -0.138. The maximum atomic E-state index is 11.3. The van der Waals surface area contributed by atoms with Crippen molar-refractivity contribution < 1.29 is 9.53 Å². The number of hydrogen-bond donors (Lipinski definition) is 1. The SMILES string of the molecule is C=C(CNC(C)CCCCCC)C(=O)OCC. The molecule has 3 heteroatoms. The molecule has 0 spiro atoms. The van der Waals surface area contributed by atoms with E-state index in [1.54, 1.807) is 6.92 Å². The van der Waals surface area contributed by atoms with E-state index in [2.05, 4.69) is 25.7 Å². The van der Waals surface area contributed by atoms with E-state index in [-0.39, 0.29) is 5.97 Å². The summed E-state index contributed by atoms with van der Waals surface area (Å²) in [6.07, 6.45) is 6.26. The first-order valence-corrected chi connectivity index (χ1v) is 6.70. The van der Waals surface area contributed by atoms with E-state index in [0.717, 1.165) is 6.42 Å². The third kappa shape index (κ3) is 8.93. The van der Waals surface area contributed by atoms with Gasteiger partial charge in [0.2, 0.25) is 0 Å². The molecule has 0 bridgehead atoms. The Morgan fingerprint density at radius 2 is 2.00 bits per heavy atom. The van der Waals surface area contributed by atoms with Crippen LogP contribution in [0.5, 0.6) is 0 Å². The zero-order chi connectivity index (χ0) is 13.1. The fourth-order valence-corrected chi connectivity index (χ4v) is 1.58. The van der Waals surface area contributed by atoms with Crippen molar-refractivity contribution >= 4 is 5.97 Å². The van der Waals surface area contributed by atoms with Gasteiger partial charge in [-0.05, 0) is 20.3 Å². The fourth-order valence-electron chi connectivity index (χ4n) is 1.58. The number of rotatable bonds is 10. The molecule has 0 aliphatic rings. The molecule has 0 aliphatic heterocycles. The second-order valence-electron chi connectivity index (χ2n) is 4.46. The van der Waals surface area contributed by atoms with Gasteiger partial charge >= 0.3 is 5.97 Å². The monoisotopic (exact) mass is 241 g/mol. The quantitative estimate of drug-likeness (QED) is 0.363. The molecule has 17 heavy (non-hydrogen) atoms. The van der Waals surface area contributed by atoms with Gasteiger partial charge in [0.25, 0.3) is 0 Å². The fraction of sp³-hybridized carbons (Fsp3) is 0.786. The zero-order valence-corrected chi connectivity index (χ0v) is 11.6. The smallest absolute Gasteiger partial charge is 0.334 e. The summed E-state index contributed by atoms with van der Waals surface area (Å²) in [7, 11) is 0. The summed E-state index contributed by atoms with van der Waals surface area (Å²) in [4.78, 5) is 11.3. The molecule has 1 unspecified atom stereocenters. The Morgan fingerprint density at radius 1 is 1.29 bits per heavy atom. The molecule has 0 amide bonds. The zero-order valence-electron chi connectivity index (χ0n) is 11.6. The largest absolute Gasteiger partial charge is 0.463 e. The minimum absolute atomic E-state index is 0.293. The summed E-state index contributed by atoms with van der Waals surface area (Å²) >= 11 is 0. The molecule has 3 nitrogen and oxygen atoms in total. The maximum absolute atomic E-state index is 11.3. The number of unbranched alkanes of at least 4 members (excludes halogenated alkanes) is 3. The van der Waals surface area contributed by atoms with E-state index < -0.39 is 0 Å². The summed E-state index contributed by atoms with van der Waals surface area (Å²) in [5.41, 5.74) is 0.507. The first-order chi connectivity index (χ1) is 8.11. The Balaban J connectivity index is 3.58. The molecule has 0 rings (SSSR count). The molecule has 0 aromatic rings. The molecule has 0 aliphatic carbocycles. The maximum Gasteiger partial charge on any atom is 0.334 e. The minimum Gasteiger partial charge on any atom is -0.463 e. The second kappa shape index (κ2) is 10.3. The van der Waals surface area contributed by atoms with Crippen LogP contribution in [-0.4, -0.2) is 25.2 Å². The average Bonchev–Trinajstić information content (AvgIpc) is 2.32. The van der Waals surface area contributed by atoms with Gasteiger partial charge in [0, 0.05) is 18.2 Å². The van der Waals surface area contributed by atoms with Crippen molar-refractivity contribution in [2.75, 3.05) is 13.2 Å². The van der Waals surface area contributed by atoms with E-state index in [0.29, 0.717) is 24.8 Å². The molecule has 0 fully saturated rings. The van der Waals surface area contributed by atoms with E-state index >= 15 is 0 Å². The van der Waals surface area contributed by atoms with Crippen LogP contribution in [0.3, 0.4) is 0 Å². The molecule has 0 radical (unpaired) electrons. The molecule has 0 aromatic heterocycles. The molecule has 0 saturated carbocycles. The van der Waals surface area contributed by atoms with Crippen LogP contribution < -0.4 is 5.32 Å². The van der Waals surface area contributed by atoms with Crippen molar-refractivity contribution in [2.24, 2.45) is 0 Å². The lowest BCUT2D eigenvalue weighted by Gasteiger charge is -2.14. The topological polar surface area (TPSA) is 38.3 Å². The Labute approximate surface area is 106 Å². The van der Waals surface area contributed by atoms with Gasteiger partial charge in [-0.25, -0.2) is 4.79 Å². The first-order valence-electron chi connectivity index (χ1n) is 6.70. The standard InChI is InChI=1S/C14H27NO2/c1-5-7-8-9-10-13(4)15-11-12(3)14(16)17-6-2/h13,15H,3,5-11H2,1-2,4H3.